The zero-order valence-corrected chi connectivity index (χ0v) is 11.4. The molecule has 1 aliphatic heterocycles. The van der Waals surface area contributed by atoms with Crippen LogP contribution in [0.3, 0.4) is 0 Å². The van der Waals surface area contributed by atoms with Gasteiger partial charge in [-0.1, -0.05) is 17.9 Å². The van der Waals surface area contributed by atoms with Crippen LogP contribution in [0.1, 0.15) is 17.5 Å². The first-order valence-corrected chi connectivity index (χ1v) is 6.54. The molecule has 1 fully saturated rings. The van der Waals surface area contributed by atoms with E-state index < -0.39 is 0 Å². The topological polar surface area (TPSA) is 70.6 Å². The van der Waals surface area contributed by atoms with E-state index in [0.717, 1.165) is 12.0 Å². The number of nitrogens with one attached hydrogen (secondary N) is 2. The minimum Gasteiger partial charge on any atom is -0.384 e. The molecule has 20 heavy (non-hydrogen) atoms. The van der Waals surface area contributed by atoms with Gasteiger partial charge in [0.15, 0.2) is 0 Å². The number of aliphatic hydroxyl groups is 1. The van der Waals surface area contributed by atoms with Crippen molar-refractivity contribution in [3.05, 3.63) is 29.3 Å². The molecule has 1 aliphatic rings. The lowest BCUT2D eigenvalue weighted by Gasteiger charge is -2.13. The smallest absolute Gasteiger partial charge is 0.319 e. The first-order valence-electron chi connectivity index (χ1n) is 6.54. The van der Waals surface area contributed by atoms with Gasteiger partial charge in [-0.2, -0.15) is 0 Å². The molecule has 2 amide bonds. The summed E-state index contributed by atoms with van der Waals surface area (Å²) in [5.74, 6) is 5.41. The van der Waals surface area contributed by atoms with E-state index in [9.17, 15) is 4.79 Å². The highest BCUT2D eigenvalue weighted by Gasteiger charge is 2.18. The van der Waals surface area contributed by atoms with Gasteiger partial charge in [0.05, 0.1) is 18.3 Å². The molecule has 106 valence electrons. The summed E-state index contributed by atoms with van der Waals surface area (Å²) in [6.07, 6.45) is 0.832. The fourth-order valence-corrected chi connectivity index (χ4v) is 2.00. The number of benzene rings is 1. The summed E-state index contributed by atoms with van der Waals surface area (Å²) in [6.45, 7) is 2.97. The number of hydrogen-bond donors (Lipinski definition) is 3. The number of ether oxygens (including phenoxy) is 1. The molecule has 0 spiro atoms. The second-order valence-corrected chi connectivity index (χ2v) is 4.67. The maximum atomic E-state index is 11.9. The minimum absolute atomic E-state index is 0.0618. The van der Waals surface area contributed by atoms with E-state index in [1.807, 2.05) is 25.1 Å². The van der Waals surface area contributed by atoms with Gasteiger partial charge in [-0.3, -0.25) is 0 Å². The van der Waals surface area contributed by atoms with Crippen LogP contribution in [0.4, 0.5) is 10.5 Å². The Morgan fingerprint density at radius 1 is 1.55 bits per heavy atom. The summed E-state index contributed by atoms with van der Waals surface area (Å²) in [6, 6.07) is 5.39. The number of carbonyl (C=O) groups excluding carboxylic acids is 1. The number of rotatable bonds is 2. The van der Waals surface area contributed by atoms with Crippen LogP contribution in [0, 0.1) is 18.8 Å². The molecule has 0 radical (unpaired) electrons. The molecule has 3 N–H and O–H groups in total. The van der Waals surface area contributed by atoms with Gasteiger partial charge in [-0.15, -0.1) is 0 Å². The largest absolute Gasteiger partial charge is 0.384 e. The number of hydrogen-bond acceptors (Lipinski definition) is 3. The Bertz CT molecular complexity index is 540. The second kappa shape index (κ2) is 6.94. The van der Waals surface area contributed by atoms with Crippen LogP contribution in [0.2, 0.25) is 0 Å². The Hall–Kier alpha value is -2.03. The molecular weight excluding hydrogens is 256 g/mol. The Morgan fingerprint density at radius 3 is 3.10 bits per heavy atom. The summed E-state index contributed by atoms with van der Waals surface area (Å²) >= 11 is 0. The first kappa shape index (κ1) is 14.4. The van der Waals surface area contributed by atoms with Crippen LogP contribution < -0.4 is 10.6 Å². The van der Waals surface area contributed by atoms with Crippen molar-refractivity contribution in [2.45, 2.75) is 19.4 Å². The van der Waals surface area contributed by atoms with Gasteiger partial charge in [0.2, 0.25) is 0 Å². The van der Waals surface area contributed by atoms with E-state index in [4.69, 9.17) is 9.84 Å². The maximum absolute atomic E-state index is 11.9. The molecule has 5 heteroatoms. The van der Waals surface area contributed by atoms with E-state index >= 15 is 0 Å². The van der Waals surface area contributed by atoms with Crippen molar-refractivity contribution in [3.63, 3.8) is 0 Å². The molecule has 2 rings (SSSR count). The molecular formula is C15H18N2O3. The molecule has 0 saturated carbocycles. The molecule has 0 bridgehead atoms. The van der Waals surface area contributed by atoms with E-state index in [1.165, 1.54) is 0 Å². The van der Waals surface area contributed by atoms with Crippen LogP contribution in [-0.2, 0) is 4.74 Å². The number of aliphatic hydroxyl groups excluding tert-OH is 1. The monoisotopic (exact) mass is 274 g/mol. The molecule has 0 aromatic heterocycles. The van der Waals surface area contributed by atoms with Gasteiger partial charge < -0.3 is 20.5 Å². The maximum Gasteiger partial charge on any atom is 0.319 e. The van der Waals surface area contributed by atoms with Gasteiger partial charge in [0, 0.05) is 12.2 Å². The number of urea groups is 1. The standard InChI is InChI=1S/C15H18N2O3/c1-11-4-5-12(3-2-7-18)14(9-11)17-15(19)16-13-6-8-20-10-13/h4-5,9,13,18H,6-8,10H2,1H3,(H2,16,17,19). The molecule has 1 unspecified atom stereocenters. The first-order chi connectivity index (χ1) is 9.69. The number of carbonyl (C=O) groups is 1. The van der Waals surface area contributed by atoms with Crippen molar-refractivity contribution in [1.82, 2.24) is 5.32 Å². The lowest BCUT2D eigenvalue weighted by Crippen LogP contribution is -2.38. The summed E-state index contributed by atoms with van der Waals surface area (Å²) in [4.78, 5) is 11.9. The quantitative estimate of drug-likeness (QED) is 0.711. The summed E-state index contributed by atoms with van der Waals surface area (Å²) in [5, 5.41) is 14.4. The SMILES string of the molecule is Cc1ccc(C#CCO)c(NC(=O)NC2CCOC2)c1. The van der Waals surface area contributed by atoms with Crippen LogP contribution in [0.5, 0.6) is 0 Å². The van der Waals surface area contributed by atoms with Crippen molar-refractivity contribution in [3.8, 4) is 11.8 Å². The van der Waals surface area contributed by atoms with E-state index in [1.54, 1.807) is 0 Å². The van der Waals surface area contributed by atoms with Gasteiger partial charge in [0.25, 0.3) is 0 Å². The highest BCUT2D eigenvalue weighted by atomic mass is 16.5. The predicted octanol–water partition coefficient (Wildman–Crippen LogP) is 1.25. The average Bonchev–Trinajstić information content (AvgIpc) is 2.90. The number of anilines is 1. The van der Waals surface area contributed by atoms with Crippen LogP contribution in [-0.4, -0.2) is 37.0 Å². The van der Waals surface area contributed by atoms with E-state index in [-0.39, 0.29) is 18.7 Å². The van der Waals surface area contributed by atoms with E-state index in [2.05, 4.69) is 22.5 Å². The fraction of sp³-hybridized carbons (Fsp3) is 0.400. The van der Waals surface area contributed by atoms with Gasteiger partial charge >= 0.3 is 6.03 Å². The van der Waals surface area contributed by atoms with Crippen molar-refractivity contribution in [2.75, 3.05) is 25.1 Å². The Kier molecular flexibility index (Phi) is 4.99. The zero-order chi connectivity index (χ0) is 14.4. The van der Waals surface area contributed by atoms with Gasteiger partial charge in [-0.05, 0) is 31.0 Å². The summed E-state index contributed by atoms with van der Waals surface area (Å²) < 4.78 is 5.21. The Morgan fingerprint density at radius 2 is 2.40 bits per heavy atom. The predicted molar refractivity (Wildman–Crippen MR) is 76.5 cm³/mol. The zero-order valence-electron chi connectivity index (χ0n) is 11.4. The van der Waals surface area contributed by atoms with E-state index in [0.29, 0.717) is 24.5 Å². The van der Waals surface area contributed by atoms with Crippen LogP contribution in [0.25, 0.3) is 0 Å². The third kappa shape index (κ3) is 3.98. The Balaban J connectivity index is 2.06. The summed E-state index contributed by atoms with van der Waals surface area (Å²) in [7, 11) is 0. The molecule has 5 nitrogen and oxygen atoms in total. The van der Waals surface area contributed by atoms with Crippen molar-refractivity contribution < 1.29 is 14.6 Å². The molecule has 1 aromatic carbocycles. The molecule has 1 aromatic rings. The highest BCUT2D eigenvalue weighted by molar-refractivity contribution is 5.91. The second-order valence-electron chi connectivity index (χ2n) is 4.67. The third-order valence-electron chi connectivity index (χ3n) is 2.99. The molecule has 0 aliphatic carbocycles. The number of amides is 2. The lowest BCUT2D eigenvalue weighted by molar-refractivity contribution is 0.189. The highest BCUT2D eigenvalue weighted by Crippen LogP contribution is 2.16. The van der Waals surface area contributed by atoms with Gasteiger partial charge in [-0.25, -0.2) is 4.79 Å². The molecule has 1 saturated heterocycles. The third-order valence-corrected chi connectivity index (χ3v) is 2.99. The minimum atomic E-state index is -0.266. The van der Waals surface area contributed by atoms with Crippen molar-refractivity contribution in [2.24, 2.45) is 0 Å². The normalized spacial score (nSPS) is 17.2. The average molecular weight is 274 g/mol. The molecule has 1 atom stereocenters. The van der Waals surface area contributed by atoms with Crippen LogP contribution in [0.15, 0.2) is 18.2 Å². The van der Waals surface area contributed by atoms with Gasteiger partial charge in [0.1, 0.15) is 6.61 Å². The Labute approximate surface area is 118 Å². The summed E-state index contributed by atoms with van der Waals surface area (Å²) in [5.41, 5.74) is 2.35. The number of aryl methyl sites for hydroxylation is 1. The van der Waals surface area contributed by atoms with Crippen molar-refractivity contribution >= 4 is 11.7 Å². The van der Waals surface area contributed by atoms with Crippen molar-refractivity contribution in [1.29, 1.82) is 0 Å². The van der Waals surface area contributed by atoms with Crippen LogP contribution >= 0.6 is 0 Å². The molecule has 1 heterocycles. The fourth-order valence-electron chi connectivity index (χ4n) is 2.00. The lowest BCUT2D eigenvalue weighted by atomic mass is 10.1.